The van der Waals surface area contributed by atoms with Crippen molar-refractivity contribution in [2.45, 2.75) is 20.8 Å². The molecule has 0 fully saturated rings. The number of amidine groups is 1. The number of benzene rings is 1. The Labute approximate surface area is 133 Å². The van der Waals surface area contributed by atoms with Crippen LogP contribution in [0.25, 0.3) is 0 Å². The number of hydrogen-bond donors (Lipinski definition) is 1. The van der Waals surface area contributed by atoms with Crippen LogP contribution in [0.2, 0.25) is 0 Å². The van der Waals surface area contributed by atoms with E-state index in [-0.39, 0.29) is 11.5 Å². The molecule has 0 saturated carbocycles. The number of carbonyl (C=O) groups excluding carboxylic acids is 1. The molecular weight excluding hydrogens is 298 g/mol. The number of nitrogen functional groups attached to an aromatic ring is 1. The van der Waals surface area contributed by atoms with Crippen LogP contribution in [0, 0.1) is 6.92 Å². The van der Waals surface area contributed by atoms with Crippen LogP contribution in [-0.2, 0) is 4.84 Å². The molecule has 8 nitrogen and oxygen atoms in total. The quantitative estimate of drug-likeness (QED) is 0.388. The highest BCUT2D eigenvalue weighted by Gasteiger charge is 2.21. The summed E-state index contributed by atoms with van der Waals surface area (Å²) in [6.07, 6.45) is 0. The zero-order valence-corrected chi connectivity index (χ0v) is 13.3. The Balaban J connectivity index is 2.25. The van der Waals surface area contributed by atoms with Gasteiger partial charge in [0.1, 0.15) is 0 Å². The molecule has 0 atom stereocenters. The summed E-state index contributed by atoms with van der Waals surface area (Å²) in [6.45, 7) is 7.06. The summed E-state index contributed by atoms with van der Waals surface area (Å²) in [7, 11) is 0. The Morgan fingerprint density at radius 1 is 1.26 bits per heavy atom. The van der Waals surface area contributed by atoms with Crippen molar-refractivity contribution in [3.05, 3.63) is 41.1 Å². The molecule has 2 aromatic rings. The van der Waals surface area contributed by atoms with Gasteiger partial charge in [0.25, 0.3) is 0 Å². The maximum atomic E-state index is 12.1. The minimum atomic E-state index is -0.565. The van der Waals surface area contributed by atoms with E-state index >= 15 is 0 Å². The van der Waals surface area contributed by atoms with E-state index in [0.717, 1.165) is 5.56 Å². The molecule has 2 rings (SSSR count). The van der Waals surface area contributed by atoms with Gasteiger partial charge in [-0.1, -0.05) is 22.9 Å². The zero-order valence-electron chi connectivity index (χ0n) is 13.3. The molecule has 2 N–H and O–H groups in total. The second kappa shape index (κ2) is 7.39. The number of hydrogen-bond acceptors (Lipinski definition) is 7. The van der Waals surface area contributed by atoms with Crippen LogP contribution >= 0.6 is 0 Å². The highest BCUT2D eigenvalue weighted by Crippen LogP contribution is 2.11. The van der Waals surface area contributed by atoms with Crippen LogP contribution < -0.4 is 5.73 Å². The molecule has 0 radical (unpaired) electrons. The molecule has 0 unspecified atom stereocenters. The van der Waals surface area contributed by atoms with Crippen molar-refractivity contribution in [2.24, 2.45) is 5.16 Å². The third-order valence-electron chi connectivity index (χ3n) is 3.29. The fourth-order valence-electron chi connectivity index (χ4n) is 1.95. The van der Waals surface area contributed by atoms with Gasteiger partial charge >= 0.3 is 5.97 Å². The molecule has 0 spiro atoms. The molecule has 0 aliphatic heterocycles. The predicted octanol–water partition coefficient (Wildman–Crippen LogP) is 1.82. The van der Waals surface area contributed by atoms with Crippen LogP contribution in [0.1, 0.15) is 35.5 Å². The van der Waals surface area contributed by atoms with Crippen LogP contribution in [0.5, 0.6) is 0 Å². The summed E-state index contributed by atoms with van der Waals surface area (Å²) in [5.74, 6) is -0.180. The molecule has 0 aliphatic carbocycles. The van der Waals surface area contributed by atoms with E-state index in [1.54, 1.807) is 12.1 Å². The molecule has 23 heavy (non-hydrogen) atoms. The number of nitrogens with zero attached hydrogens (tertiary/aromatic N) is 4. The second-order valence-electron chi connectivity index (χ2n) is 4.83. The molecule has 0 amide bonds. The van der Waals surface area contributed by atoms with Crippen molar-refractivity contribution in [1.82, 2.24) is 15.2 Å². The Kier molecular flexibility index (Phi) is 5.29. The number of carbonyl (C=O) groups is 1. The van der Waals surface area contributed by atoms with Crippen molar-refractivity contribution < 1.29 is 14.3 Å². The lowest BCUT2D eigenvalue weighted by Crippen LogP contribution is -2.32. The van der Waals surface area contributed by atoms with Crippen molar-refractivity contribution >= 4 is 17.6 Å². The molecule has 1 aromatic carbocycles. The van der Waals surface area contributed by atoms with Gasteiger partial charge in [0.15, 0.2) is 11.5 Å². The van der Waals surface area contributed by atoms with E-state index in [9.17, 15) is 4.79 Å². The first-order chi connectivity index (χ1) is 11.1. The summed E-state index contributed by atoms with van der Waals surface area (Å²) >= 11 is 0. The summed E-state index contributed by atoms with van der Waals surface area (Å²) < 4.78 is 4.60. The zero-order chi connectivity index (χ0) is 16.8. The molecule has 122 valence electrons. The van der Waals surface area contributed by atoms with E-state index in [2.05, 4.69) is 20.1 Å². The standard InChI is InChI=1S/C15H19N5O3/c1-4-20(5-2)14(12-13(16)18-23-17-12)19-22-15(21)11-8-6-10(3)7-9-11/h6-9H,4-5H2,1-3H3,(H2,16,18). The third-order valence-corrected chi connectivity index (χ3v) is 3.29. The van der Waals surface area contributed by atoms with Gasteiger partial charge in [-0.2, -0.15) is 0 Å². The van der Waals surface area contributed by atoms with Crippen molar-refractivity contribution in [3.63, 3.8) is 0 Å². The van der Waals surface area contributed by atoms with Gasteiger partial charge in [-0.15, -0.1) is 0 Å². The summed E-state index contributed by atoms with van der Waals surface area (Å²) in [5, 5.41) is 11.2. The van der Waals surface area contributed by atoms with Gasteiger partial charge in [-0.3, -0.25) is 0 Å². The van der Waals surface area contributed by atoms with Gasteiger partial charge in [-0.25, -0.2) is 9.42 Å². The van der Waals surface area contributed by atoms with Crippen LogP contribution in [0.4, 0.5) is 5.82 Å². The van der Waals surface area contributed by atoms with Gasteiger partial charge in [-0.05, 0) is 43.2 Å². The van der Waals surface area contributed by atoms with Crippen LogP contribution in [0.3, 0.4) is 0 Å². The van der Waals surface area contributed by atoms with E-state index in [4.69, 9.17) is 10.6 Å². The molecule has 0 saturated heterocycles. The van der Waals surface area contributed by atoms with Crippen molar-refractivity contribution in [3.8, 4) is 0 Å². The normalized spacial score (nSPS) is 11.3. The summed E-state index contributed by atoms with van der Waals surface area (Å²) in [5.41, 5.74) is 7.41. The molecule has 0 aliphatic rings. The molecular formula is C15H19N5O3. The molecule has 1 heterocycles. The number of oxime groups is 1. The minimum absolute atomic E-state index is 0.0852. The Bertz CT molecular complexity index is 689. The maximum Gasteiger partial charge on any atom is 0.365 e. The topological polar surface area (TPSA) is 107 Å². The number of anilines is 1. The summed E-state index contributed by atoms with van der Waals surface area (Å²) in [6, 6.07) is 7.00. The monoisotopic (exact) mass is 317 g/mol. The fraction of sp³-hybridized carbons (Fsp3) is 0.333. The average molecular weight is 317 g/mol. The highest BCUT2D eigenvalue weighted by atomic mass is 16.7. The molecule has 1 aromatic heterocycles. The van der Waals surface area contributed by atoms with E-state index < -0.39 is 5.97 Å². The number of rotatable bonds is 5. The lowest BCUT2D eigenvalue weighted by Gasteiger charge is -2.20. The van der Waals surface area contributed by atoms with Crippen LogP contribution in [0.15, 0.2) is 34.1 Å². The van der Waals surface area contributed by atoms with E-state index in [0.29, 0.717) is 24.5 Å². The molecule has 0 bridgehead atoms. The first kappa shape index (κ1) is 16.5. The SMILES string of the molecule is CCN(CC)C(=NOC(=O)c1ccc(C)cc1)c1nonc1N. The Morgan fingerprint density at radius 2 is 1.91 bits per heavy atom. The third kappa shape index (κ3) is 3.85. The number of nitrogens with two attached hydrogens (primary N) is 1. The second-order valence-corrected chi connectivity index (χ2v) is 4.83. The highest BCUT2D eigenvalue weighted by molar-refractivity contribution is 6.00. The van der Waals surface area contributed by atoms with Gasteiger partial charge in [0.05, 0.1) is 5.56 Å². The van der Waals surface area contributed by atoms with Crippen molar-refractivity contribution in [2.75, 3.05) is 18.8 Å². The maximum absolute atomic E-state index is 12.1. The number of aryl methyl sites for hydroxylation is 1. The number of aromatic nitrogens is 2. The predicted molar refractivity (Wildman–Crippen MR) is 84.8 cm³/mol. The van der Waals surface area contributed by atoms with Gasteiger partial charge < -0.3 is 15.5 Å². The summed E-state index contributed by atoms with van der Waals surface area (Å²) in [4.78, 5) is 18.9. The van der Waals surface area contributed by atoms with Gasteiger partial charge in [0.2, 0.25) is 5.84 Å². The Hall–Kier alpha value is -2.90. The Morgan fingerprint density at radius 3 is 2.43 bits per heavy atom. The van der Waals surface area contributed by atoms with E-state index in [1.165, 1.54) is 0 Å². The van der Waals surface area contributed by atoms with Crippen LogP contribution in [-0.4, -0.2) is 40.1 Å². The van der Waals surface area contributed by atoms with Crippen molar-refractivity contribution in [1.29, 1.82) is 0 Å². The largest absolute Gasteiger partial charge is 0.379 e. The van der Waals surface area contributed by atoms with E-state index in [1.807, 2.05) is 37.8 Å². The first-order valence-corrected chi connectivity index (χ1v) is 7.26. The lowest BCUT2D eigenvalue weighted by atomic mass is 10.2. The van der Waals surface area contributed by atoms with Gasteiger partial charge in [0, 0.05) is 13.1 Å². The molecule has 8 heteroatoms. The minimum Gasteiger partial charge on any atom is -0.379 e. The average Bonchev–Trinajstić information content (AvgIpc) is 2.97. The smallest absolute Gasteiger partial charge is 0.365 e. The lowest BCUT2D eigenvalue weighted by molar-refractivity contribution is 0.0510. The first-order valence-electron chi connectivity index (χ1n) is 7.26. The fourth-order valence-corrected chi connectivity index (χ4v) is 1.95.